The number of fused-ring (bicyclic) bond motifs is 4. The number of hydrogen-bond acceptors (Lipinski definition) is 1. The van der Waals surface area contributed by atoms with E-state index in [0.717, 1.165) is 6.54 Å². The Labute approximate surface area is 95.1 Å². The third kappa shape index (κ3) is 0.957. The summed E-state index contributed by atoms with van der Waals surface area (Å²) in [6, 6.07) is 8.74. The minimum absolute atomic E-state index is 0.452. The highest BCUT2D eigenvalue weighted by Crippen LogP contribution is 2.48. The molecule has 4 rings (SSSR count). The molecule has 1 aromatic carbocycles. The second-order valence-electron chi connectivity index (χ2n) is 5.26. The summed E-state index contributed by atoms with van der Waals surface area (Å²) in [6.45, 7) is 2.17. The molecule has 1 saturated carbocycles. The maximum atomic E-state index is 3.58. The first-order chi connectivity index (χ1) is 7.89. The molecule has 2 heteroatoms. The molecule has 1 aromatic heterocycles. The van der Waals surface area contributed by atoms with Crippen molar-refractivity contribution in [3.63, 3.8) is 0 Å². The maximum Gasteiger partial charge on any atom is 0.0459 e. The molecule has 82 valence electrons. The van der Waals surface area contributed by atoms with Crippen LogP contribution >= 0.6 is 0 Å². The van der Waals surface area contributed by atoms with Gasteiger partial charge in [-0.3, -0.25) is 0 Å². The van der Waals surface area contributed by atoms with Crippen molar-refractivity contribution in [1.82, 2.24) is 10.3 Å². The van der Waals surface area contributed by atoms with E-state index in [9.17, 15) is 0 Å². The molecular weight excluding hydrogens is 196 g/mol. The van der Waals surface area contributed by atoms with Gasteiger partial charge in [0.05, 0.1) is 0 Å². The minimum atomic E-state index is 0.452. The molecule has 2 N–H and O–H groups in total. The summed E-state index contributed by atoms with van der Waals surface area (Å²) in [4.78, 5) is 3.58. The van der Waals surface area contributed by atoms with Gasteiger partial charge in [0, 0.05) is 35.1 Å². The van der Waals surface area contributed by atoms with Crippen LogP contribution in [0.1, 0.15) is 30.5 Å². The fourth-order valence-corrected chi connectivity index (χ4v) is 3.48. The van der Waals surface area contributed by atoms with Crippen LogP contribution in [0.5, 0.6) is 0 Å². The fourth-order valence-electron chi connectivity index (χ4n) is 3.48. The molecule has 2 nitrogen and oxygen atoms in total. The van der Waals surface area contributed by atoms with Crippen molar-refractivity contribution in [2.24, 2.45) is 0 Å². The Morgan fingerprint density at radius 1 is 1.12 bits per heavy atom. The van der Waals surface area contributed by atoms with Crippen molar-refractivity contribution in [3.05, 3.63) is 35.5 Å². The first-order valence-corrected chi connectivity index (χ1v) is 6.20. The normalized spacial score (nSPS) is 22.0. The lowest BCUT2D eigenvalue weighted by Gasteiger charge is -2.45. The molecule has 1 fully saturated rings. The van der Waals surface area contributed by atoms with Crippen LogP contribution in [-0.2, 0) is 12.0 Å². The highest BCUT2D eigenvalue weighted by Gasteiger charge is 2.43. The van der Waals surface area contributed by atoms with Crippen molar-refractivity contribution >= 4 is 10.9 Å². The standard InChI is InChI=1S/C14H16N2/c1-2-5-11-10(4-1)13-12(16-11)8-15-9-14(13)6-3-7-14/h1-2,4-5,15-16H,3,6-9H2. The van der Waals surface area contributed by atoms with E-state index in [1.807, 2.05) is 0 Å². The lowest BCUT2D eigenvalue weighted by molar-refractivity contribution is 0.221. The van der Waals surface area contributed by atoms with Crippen LogP contribution in [0.2, 0.25) is 0 Å². The van der Waals surface area contributed by atoms with Gasteiger partial charge in [-0.2, -0.15) is 0 Å². The molecule has 1 aliphatic heterocycles. The van der Waals surface area contributed by atoms with E-state index < -0.39 is 0 Å². The molecule has 2 aliphatic rings. The van der Waals surface area contributed by atoms with Gasteiger partial charge < -0.3 is 10.3 Å². The first kappa shape index (κ1) is 8.82. The Morgan fingerprint density at radius 2 is 2.00 bits per heavy atom. The molecule has 1 spiro atoms. The van der Waals surface area contributed by atoms with E-state index in [1.165, 1.54) is 42.4 Å². The zero-order valence-electron chi connectivity index (χ0n) is 9.34. The molecule has 0 radical (unpaired) electrons. The Morgan fingerprint density at radius 3 is 2.81 bits per heavy atom. The first-order valence-electron chi connectivity index (χ1n) is 6.20. The van der Waals surface area contributed by atoms with E-state index in [0.29, 0.717) is 5.41 Å². The summed E-state index contributed by atoms with van der Waals surface area (Å²) in [5.41, 5.74) is 4.80. The van der Waals surface area contributed by atoms with Crippen LogP contribution < -0.4 is 5.32 Å². The molecule has 0 atom stereocenters. The number of benzene rings is 1. The lowest BCUT2D eigenvalue weighted by atomic mass is 9.62. The Balaban J connectivity index is 2.05. The third-order valence-electron chi connectivity index (χ3n) is 4.39. The van der Waals surface area contributed by atoms with Crippen LogP contribution in [0.15, 0.2) is 24.3 Å². The molecule has 16 heavy (non-hydrogen) atoms. The SMILES string of the molecule is c1ccc2c3c([nH]c2c1)CNCC31CCC1. The number of aromatic nitrogens is 1. The van der Waals surface area contributed by atoms with Crippen LogP contribution in [0.4, 0.5) is 0 Å². The van der Waals surface area contributed by atoms with Gasteiger partial charge in [-0.25, -0.2) is 0 Å². The second-order valence-corrected chi connectivity index (χ2v) is 5.26. The summed E-state index contributed by atoms with van der Waals surface area (Å²) in [5, 5.41) is 5.02. The van der Waals surface area contributed by atoms with Crippen LogP contribution in [0, 0.1) is 0 Å². The maximum absolute atomic E-state index is 3.58. The molecule has 0 amide bonds. The van der Waals surface area contributed by atoms with E-state index in [2.05, 4.69) is 34.6 Å². The van der Waals surface area contributed by atoms with E-state index >= 15 is 0 Å². The number of rotatable bonds is 0. The molecule has 2 aromatic rings. The van der Waals surface area contributed by atoms with Crippen LogP contribution in [-0.4, -0.2) is 11.5 Å². The van der Waals surface area contributed by atoms with E-state index in [-0.39, 0.29) is 0 Å². The van der Waals surface area contributed by atoms with Gasteiger partial charge in [0.15, 0.2) is 0 Å². The van der Waals surface area contributed by atoms with Gasteiger partial charge in [0.25, 0.3) is 0 Å². The zero-order chi connectivity index (χ0) is 10.6. The molecule has 2 heterocycles. The van der Waals surface area contributed by atoms with Crippen molar-refractivity contribution in [1.29, 1.82) is 0 Å². The summed E-state index contributed by atoms with van der Waals surface area (Å²) in [5.74, 6) is 0. The van der Waals surface area contributed by atoms with Gasteiger partial charge in [-0.05, 0) is 24.5 Å². The van der Waals surface area contributed by atoms with Crippen molar-refractivity contribution in [3.8, 4) is 0 Å². The van der Waals surface area contributed by atoms with Gasteiger partial charge in [-0.1, -0.05) is 24.6 Å². The summed E-state index contributed by atoms with van der Waals surface area (Å²) < 4.78 is 0. The van der Waals surface area contributed by atoms with Crippen LogP contribution in [0.25, 0.3) is 10.9 Å². The average molecular weight is 212 g/mol. The molecular formula is C14H16N2. The van der Waals surface area contributed by atoms with Crippen molar-refractivity contribution < 1.29 is 0 Å². The molecule has 0 bridgehead atoms. The predicted molar refractivity (Wildman–Crippen MR) is 65.5 cm³/mol. The third-order valence-corrected chi connectivity index (χ3v) is 4.39. The monoisotopic (exact) mass is 212 g/mol. The Kier molecular flexibility index (Phi) is 1.59. The number of H-pyrrole nitrogens is 1. The smallest absolute Gasteiger partial charge is 0.0459 e. The predicted octanol–water partition coefficient (Wildman–Crippen LogP) is 2.69. The number of para-hydroxylation sites is 1. The zero-order valence-corrected chi connectivity index (χ0v) is 9.34. The topological polar surface area (TPSA) is 27.8 Å². The number of aromatic amines is 1. The second kappa shape index (κ2) is 2.89. The Hall–Kier alpha value is -1.28. The number of nitrogens with one attached hydrogen (secondary N) is 2. The highest BCUT2D eigenvalue weighted by molar-refractivity contribution is 5.86. The summed E-state index contributed by atoms with van der Waals surface area (Å²) >= 11 is 0. The lowest BCUT2D eigenvalue weighted by Crippen LogP contribution is -2.47. The minimum Gasteiger partial charge on any atom is -0.357 e. The van der Waals surface area contributed by atoms with Crippen molar-refractivity contribution in [2.75, 3.05) is 6.54 Å². The molecule has 0 saturated heterocycles. The quantitative estimate of drug-likeness (QED) is 0.690. The van der Waals surface area contributed by atoms with Gasteiger partial charge in [-0.15, -0.1) is 0 Å². The van der Waals surface area contributed by atoms with Crippen LogP contribution in [0.3, 0.4) is 0 Å². The fraction of sp³-hybridized carbons (Fsp3) is 0.429. The van der Waals surface area contributed by atoms with Crippen molar-refractivity contribution in [2.45, 2.75) is 31.2 Å². The summed E-state index contributed by atoms with van der Waals surface area (Å²) in [6.07, 6.45) is 4.10. The molecule has 0 unspecified atom stereocenters. The summed E-state index contributed by atoms with van der Waals surface area (Å²) in [7, 11) is 0. The Bertz CT molecular complexity index is 549. The van der Waals surface area contributed by atoms with Gasteiger partial charge >= 0.3 is 0 Å². The number of hydrogen-bond donors (Lipinski definition) is 2. The van der Waals surface area contributed by atoms with Gasteiger partial charge in [0.1, 0.15) is 0 Å². The average Bonchev–Trinajstić information content (AvgIpc) is 2.65. The largest absolute Gasteiger partial charge is 0.357 e. The van der Waals surface area contributed by atoms with E-state index in [4.69, 9.17) is 0 Å². The molecule has 1 aliphatic carbocycles. The van der Waals surface area contributed by atoms with E-state index in [1.54, 1.807) is 5.56 Å². The van der Waals surface area contributed by atoms with Gasteiger partial charge in [0.2, 0.25) is 0 Å². The highest BCUT2D eigenvalue weighted by atomic mass is 14.9.